The van der Waals surface area contributed by atoms with Crippen molar-refractivity contribution in [1.82, 2.24) is 0 Å². The van der Waals surface area contributed by atoms with E-state index in [1.165, 1.54) is 6.07 Å². The van der Waals surface area contributed by atoms with E-state index in [-0.39, 0.29) is 5.02 Å². The minimum atomic E-state index is -0.409. The van der Waals surface area contributed by atoms with Crippen LogP contribution < -0.4 is 5.32 Å². The Morgan fingerprint density at radius 2 is 2.00 bits per heavy atom. The third-order valence-electron chi connectivity index (χ3n) is 2.54. The van der Waals surface area contributed by atoms with E-state index in [1.54, 1.807) is 12.1 Å². The van der Waals surface area contributed by atoms with Gasteiger partial charge in [-0.3, -0.25) is 0 Å². The SMILES string of the molecule is C#Cc1cccc(NCc2cccc(F)c2Cl)c1. The average Bonchev–Trinajstić information content (AvgIpc) is 2.41. The second-order valence-electron chi connectivity index (χ2n) is 3.79. The molecule has 0 bridgehead atoms. The summed E-state index contributed by atoms with van der Waals surface area (Å²) >= 11 is 5.87. The van der Waals surface area contributed by atoms with Gasteiger partial charge >= 0.3 is 0 Å². The smallest absolute Gasteiger partial charge is 0.142 e. The number of hydrogen-bond acceptors (Lipinski definition) is 1. The van der Waals surface area contributed by atoms with E-state index in [9.17, 15) is 4.39 Å². The summed E-state index contributed by atoms with van der Waals surface area (Å²) in [5.41, 5.74) is 2.39. The molecule has 1 nitrogen and oxygen atoms in total. The van der Waals surface area contributed by atoms with Gasteiger partial charge in [-0.1, -0.05) is 35.7 Å². The van der Waals surface area contributed by atoms with Crippen molar-refractivity contribution in [3.05, 3.63) is 64.4 Å². The number of nitrogens with one attached hydrogen (secondary N) is 1. The number of anilines is 1. The van der Waals surface area contributed by atoms with Crippen molar-refractivity contribution in [2.24, 2.45) is 0 Å². The molecule has 2 aromatic carbocycles. The minimum absolute atomic E-state index is 0.151. The summed E-state index contributed by atoms with van der Waals surface area (Å²) in [5.74, 6) is 2.15. The first-order valence-electron chi connectivity index (χ1n) is 5.44. The summed E-state index contributed by atoms with van der Waals surface area (Å²) in [6.45, 7) is 0.449. The van der Waals surface area contributed by atoms with Crippen LogP contribution in [0.25, 0.3) is 0 Å². The lowest BCUT2D eigenvalue weighted by atomic mass is 10.2. The number of terminal acetylenes is 1. The molecule has 1 N–H and O–H groups in total. The van der Waals surface area contributed by atoms with Crippen LogP contribution in [0.3, 0.4) is 0 Å². The Kier molecular flexibility index (Phi) is 3.86. The van der Waals surface area contributed by atoms with Gasteiger partial charge in [0.1, 0.15) is 5.82 Å². The van der Waals surface area contributed by atoms with Gasteiger partial charge in [0.2, 0.25) is 0 Å². The molecule has 18 heavy (non-hydrogen) atoms. The number of halogens is 2. The van der Waals surface area contributed by atoms with E-state index < -0.39 is 5.82 Å². The van der Waals surface area contributed by atoms with E-state index in [2.05, 4.69) is 11.2 Å². The van der Waals surface area contributed by atoms with Crippen molar-refractivity contribution in [3.63, 3.8) is 0 Å². The summed E-state index contributed by atoms with van der Waals surface area (Å²) in [5, 5.41) is 3.31. The number of hydrogen-bond donors (Lipinski definition) is 1. The standard InChI is InChI=1S/C15H11ClFN/c1-2-11-5-3-7-13(9-11)18-10-12-6-4-8-14(17)15(12)16/h1,3-9,18H,10H2. The van der Waals surface area contributed by atoms with Gasteiger partial charge in [0, 0.05) is 17.8 Å². The molecule has 0 aliphatic heterocycles. The highest BCUT2D eigenvalue weighted by Crippen LogP contribution is 2.21. The third kappa shape index (κ3) is 2.82. The maximum atomic E-state index is 13.2. The largest absolute Gasteiger partial charge is 0.381 e. The molecule has 0 saturated carbocycles. The molecule has 0 aromatic heterocycles. The molecule has 3 heteroatoms. The van der Waals surface area contributed by atoms with E-state index in [1.807, 2.05) is 24.3 Å². The molecule has 0 radical (unpaired) electrons. The topological polar surface area (TPSA) is 12.0 Å². The Morgan fingerprint density at radius 3 is 2.78 bits per heavy atom. The van der Waals surface area contributed by atoms with Crippen molar-refractivity contribution < 1.29 is 4.39 Å². The van der Waals surface area contributed by atoms with E-state index in [0.29, 0.717) is 12.1 Å². The maximum absolute atomic E-state index is 13.2. The minimum Gasteiger partial charge on any atom is -0.381 e. The summed E-state index contributed by atoms with van der Waals surface area (Å²) < 4.78 is 13.2. The van der Waals surface area contributed by atoms with Crippen LogP contribution in [0.15, 0.2) is 42.5 Å². The van der Waals surface area contributed by atoms with Crippen LogP contribution in [0.1, 0.15) is 11.1 Å². The maximum Gasteiger partial charge on any atom is 0.142 e. The highest BCUT2D eigenvalue weighted by Gasteiger charge is 2.05. The van der Waals surface area contributed by atoms with Crippen molar-refractivity contribution in [1.29, 1.82) is 0 Å². The van der Waals surface area contributed by atoms with E-state index in [4.69, 9.17) is 18.0 Å². The average molecular weight is 260 g/mol. The third-order valence-corrected chi connectivity index (χ3v) is 2.97. The molecule has 2 rings (SSSR count). The summed E-state index contributed by atoms with van der Waals surface area (Å²) in [6, 6.07) is 12.2. The Hall–Kier alpha value is -1.98. The summed E-state index contributed by atoms with van der Waals surface area (Å²) in [4.78, 5) is 0. The Balaban J connectivity index is 2.12. The monoisotopic (exact) mass is 259 g/mol. The predicted molar refractivity (Wildman–Crippen MR) is 73.1 cm³/mol. The summed E-state index contributed by atoms with van der Waals surface area (Å²) in [7, 11) is 0. The molecule has 0 fully saturated rings. The molecule has 0 spiro atoms. The first-order valence-corrected chi connectivity index (χ1v) is 5.82. The molecule has 2 aromatic rings. The normalized spacial score (nSPS) is 9.83. The van der Waals surface area contributed by atoms with Crippen molar-refractivity contribution >= 4 is 17.3 Å². The molecular weight excluding hydrogens is 249 g/mol. The molecular formula is C15H11ClFN. The van der Waals surface area contributed by atoms with Gasteiger partial charge in [0.25, 0.3) is 0 Å². The van der Waals surface area contributed by atoms with Crippen molar-refractivity contribution in [3.8, 4) is 12.3 Å². The highest BCUT2D eigenvalue weighted by molar-refractivity contribution is 6.31. The first-order chi connectivity index (χ1) is 8.70. The zero-order valence-electron chi connectivity index (χ0n) is 9.58. The highest BCUT2D eigenvalue weighted by atomic mass is 35.5. The molecule has 0 heterocycles. The van der Waals surface area contributed by atoms with Gasteiger partial charge in [-0.05, 0) is 29.8 Å². The fourth-order valence-corrected chi connectivity index (χ4v) is 1.79. The van der Waals surface area contributed by atoms with Gasteiger partial charge in [-0.25, -0.2) is 4.39 Å². The molecule has 90 valence electrons. The fourth-order valence-electron chi connectivity index (χ4n) is 1.60. The number of benzene rings is 2. The van der Waals surface area contributed by atoms with Crippen LogP contribution in [-0.2, 0) is 6.54 Å². The second-order valence-corrected chi connectivity index (χ2v) is 4.17. The molecule has 0 atom stereocenters. The van der Waals surface area contributed by atoms with Gasteiger partial charge in [-0.15, -0.1) is 6.42 Å². The fraction of sp³-hybridized carbons (Fsp3) is 0.0667. The zero-order valence-corrected chi connectivity index (χ0v) is 10.3. The van der Waals surface area contributed by atoms with Crippen LogP contribution in [0.5, 0.6) is 0 Å². The van der Waals surface area contributed by atoms with Crippen LogP contribution in [-0.4, -0.2) is 0 Å². The predicted octanol–water partition coefficient (Wildman–Crippen LogP) is 4.07. The van der Waals surface area contributed by atoms with Crippen LogP contribution in [0, 0.1) is 18.2 Å². The van der Waals surface area contributed by atoms with Crippen LogP contribution in [0.4, 0.5) is 10.1 Å². The second kappa shape index (κ2) is 5.57. The van der Waals surface area contributed by atoms with Crippen LogP contribution >= 0.6 is 11.6 Å². The molecule has 0 aliphatic rings. The lowest BCUT2D eigenvalue weighted by molar-refractivity contribution is 0.626. The van der Waals surface area contributed by atoms with Crippen LogP contribution in [0.2, 0.25) is 5.02 Å². The Morgan fingerprint density at radius 1 is 1.22 bits per heavy atom. The van der Waals surface area contributed by atoms with E-state index >= 15 is 0 Å². The Bertz CT molecular complexity index is 602. The number of rotatable bonds is 3. The van der Waals surface area contributed by atoms with Gasteiger partial charge in [-0.2, -0.15) is 0 Å². The van der Waals surface area contributed by atoms with Crippen molar-refractivity contribution in [2.75, 3.05) is 5.32 Å². The van der Waals surface area contributed by atoms with Gasteiger partial charge < -0.3 is 5.32 Å². The summed E-state index contributed by atoms with van der Waals surface area (Å²) in [6.07, 6.45) is 5.32. The zero-order chi connectivity index (χ0) is 13.0. The lowest BCUT2D eigenvalue weighted by Gasteiger charge is -2.08. The van der Waals surface area contributed by atoms with E-state index in [0.717, 1.165) is 11.3 Å². The first kappa shape index (κ1) is 12.5. The van der Waals surface area contributed by atoms with Gasteiger partial charge in [0.05, 0.1) is 5.02 Å². The van der Waals surface area contributed by atoms with Crippen molar-refractivity contribution in [2.45, 2.75) is 6.54 Å². The molecule has 0 saturated heterocycles. The molecule has 0 aliphatic carbocycles. The molecule has 0 amide bonds. The van der Waals surface area contributed by atoms with Gasteiger partial charge in [0.15, 0.2) is 0 Å². The molecule has 0 unspecified atom stereocenters. The lowest BCUT2D eigenvalue weighted by Crippen LogP contribution is -2.01. The Labute approximate surface area is 111 Å². The quantitative estimate of drug-likeness (QED) is 0.820.